The van der Waals surface area contributed by atoms with E-state index in [0.29, 0.717) is 17.8 Å². The molecule has 0 amide bonds. The van der Waals surface area contributed by atoms with Gasteiger partial charge in [0.25, 0.3) is 0 Å². The number of fused-ring (bicyclic) bond motifs is 1. The Morgan fingerprint density at radius 1 is 1.00 bits per heavy atom. The Hall–Kier alpha value is -2.53. The summed E-state index contributed by atoms with van der Waals surface area (Å²) < 4.78 is 19.2. The lowest BCUT2D eigenvalue weighted by Gasteiger charge is -2.36. The fourth-order valence-electron chi connectivity index (χ4n) is 3.28. The van der Waals surface area contributed by atoms with E-state index in [1.807, 2.05) is 30.3 Å². The van der Waals surface area contributed by atoms with E-state index in [1.165, 1.54) is 6.07 Å². The maximum absolute atomic E-state index is 13.9. The van der Waals surface area contributed by atoms with Crippen molar-refractivity contribution in [2.75, 3.05) is 31.1 Å². The fourth-order valence-corrected chi connectivity index (χ4v) is 3.28. The molecule has 0 atom stereocenters. The fraction of sp³-hybridized carbons (Fsp3) is 0.263. The number of halogens is 1. The molecule has 1 aliphatic heterocycles. The molecule has 0 unspecified atom stereocenters. The van der Waals surface area contributed by atoms with Crippen LogP contribution in [0.5, 0.6) is 5.75 Å². The second-order valence-corrected chi connectivity index (χ2v) is 6.13. The lowest BCUT2D eigenvalue weighted by molar-refractivity contribution is 0.246. The smallest absolute Gasteiger partial charge is 0.175 e. The van der Waals surface area contributed by atoms with Crippen molar-refractivity contribution in [2.24, 2.45) is 0 Å². The van der Waals surface area contributed by atoms with Gasteiger partial charge in [0.05, 0.1) is 12.0 Å². The number of benzene rings is 2. The molecule has 5 heteroatoms. The maximum Gasteiger partial charge on any atom is 0.175 e. The molecule has 0 aliphatic carbocycles. The molecule has 124 valence electrons. The number of aromatic hydroxyl groups is 1. The minimum atomic E-state index is -0.174. The number of hydrogen-bond acceptors (Lipinski definition) is 4. The van der Waals surface area contributed by atoms with Crippen LogP contribution in [0.3, 0.4) is 0 Å². The molecule has 1 aliphatic rings. The van der Waals surface area contributed by atoms with Crippen molar-refractivity contribution in [1.82, 2.24) is 4.90 Å². The third kappa shape index (κ3) is 2.71. The Labute approximate surface area is 139 Å². The van der Waals surface area contributed by atoms with Gasteiger partial charge in [0.2, 0.25) is 0 Å². The number of phenolic OH excluding ortho intramolecular Hbond substituents is 1. The van der Waals surface area contributed by atoms with Gasteiger partial charge in [-0.3, -0.25) is 4.90 Å². The van der Waals surface area contributed by atoms with E-state index in [2.05, 4.69) is 9.80 Å². The first-order valence-electron chi connectivity index (χ1n) is 8.12. The second-order valence-electron chi connectivity index (χ2n) is 6.13. The number of hydrogen-bond donors (Lipinski definition) is 1. The van der Waals surface area contributed by atoms with Gasteiger partial charge < -0.3 is 14.4 Å². The van der Waals surface area contributed by atoms with E-state index in [0.717, 1.165) is 37.1 Å². The van der Waals surface area contributed by atoms with Crippen molar-refractivity contribution in [2.45, 2.75) is 6.54 Å². The summed E-state index contributed by atoms with van der Waals surface area (Å²) >= 11 is 0. The van der Waals surface area contributed by atoms with Gasteiger partial charge in [0.1, 0.15) is 5.82 Å². The Balaban J connectivity index is 1.44. The molecule has 4 nitrogen and oxygen atoms in total. The summed E-state index contributed by atoms with van der Waals surface area (Å²) in [4.78, 5) is 4.34. The summed E-state index contributed by atoms with van der Waals surface area (Å²) in [6.07, 6.45) is 1.58. The predicted octanol–water partition coefficient (Wildman–Crippen LogP) is 3.60. The van der Waals surface area contributed by atoms with Gasteiger partial charge in [-0.15, -0.1) is 0 Å². The maximum atomic E-state index is 13.9. The van der Waals surface area contributed by atoms with E-state index < -0.39 is 0 Å². The molecular formula is C19H19FN2O2. The van der Waals surface area contributed by atoms with E-state index in [1.54, 1.807) is 12.3 Å². The van der Waals surface area contributed by atoms with Crippen LogP contribution < -0.4 is 4.90 Å². The molecular weight excluding hydrogens is 307 g/mol. The molecule has 1 aromatic heterocycles. The Bertz CT molecular complexity index is 853. The van der Waals surface area contributed by atoms with Crippen molar-refractivity contribution in [3.63, 3.8) is 0 Å². The van der Waals surface area contributed by atoms with Crippen LogP contribution in [-0.4, -0.2) is 36.2 Å². The highest BCUT2D eigenvalue weighted by atomic mass is 19.1. The minimum Gasteiger partial charge on any atom is -0.504 e. The molecule has 24 heavy (non-hydrogen) atoms. The quantitative estimate of drug-likeness (QED) is 0.798. The number of para-hydroxylation sites is 1. The number of furan rings is 1. The monoisotopic (exact) mass is 326 g/mol. The number of rotatable bonds is 3. The van der Waals surface area contributed by atoms with Crippen LogP contribution in [0.15, 0.2) is 53.1 Å². The summed E-state index contributed by atoms with van der Waals surface area (Å²) in [5.74, 6) is 0.0425. The first-order chi connectivity index (χ1) is 11.7. The van der Waals surface area contributed by atoms with Gasteiger partial charge in [-0.2, -0.15) is 0 Å². The Kier molecular flexibility index (Phi) is 3.86. The molecule has 2 aromatic carbocycles. The zero-order chi connectivity index (χ0) is 16.5. The molecule has 0 spiro atoms. The molecule has 0 radical (unpaired) electrons. The normalized spacial score (nSPS) is 16.0. The highest BCUT2D eigenvalue weighted by Gasteiger charge is 2.20. The Morgan fingerprint density at radius 3 is 2.58 bits per heavy atom. The lowest BCUT2D eigenvalue weighted by atomic mass is 10.1. The van der Waals surface area contributed by atoms with Gasteiger partial charge in [-0.1, -0.05) is 24.3 Å². The molecule has 1 saturated heterocycles. The van der Waals surface area contributed by atoms with E-state index >= 15 is 0 Å². The van der Waals surface area contributed by atoms with Gasteiger partial charge >= 0.3 is 0 Å². The highest BCUT2D eigenvalue weighted by Crippen LogP contribution is 2.30. The first kappa shape index (κ1) is 15.0. The van der Waals surface area contributed by atoms with Gasteiger partial charge in [0.15, 0.2) is 11.3 Å². The molecule has 4 rings (SSSR count). The van der Waals surface area contributed by atoms with Crippen molar-refractivity contribution < 1.29 is 13.9 Å². The zero-order valence-corrected chi connectivity index (χ0v) is 13.3. The van der Waals surface area contributed by atoms with E-state index in [9.17, 15) is 9.50 Å². The molecule has 1 N–H and O–H groups in total. The zero-order valence-electron chi connectivity index (χ0n) is 13.3. The van der Waals surface area contributed by atoms with Crippen LogP contribution in [0.25, 0.3) is 11.0 Å². The summed E-state index contributed by atoms with van der Waals surface area (Å²) in [5, 5.41) is 11.3. The van der Waals surface area contributed by atoms with Crippen LogP contribution in [-0.2, 0) is 6.54 Å². The average molecular weight is 326 g/mol. The topological polar surface area (TPSA) is 39.9 Å². The van der Waals surface area contributed by atoms with Gasteiger partial charge in [-0.25, -0.2) is 4.39 Å². The molecule has 2 heterocycles. The third-order valence-electron chi connectivity index (χ3n) is 4.64. The van der Waals surface area contributed by atoms with Gasteiger partial charge in [0, 0.05) is 43.7 Å². The summed E-state index contributed by atoms with van der Waals surface area (Å²) in [6.45, 7) is 3.84. The number of nitrogens with zero attached hydrogens (tertiary/aromatic N) is 2. The van der Waals surface area contributed by atoms with Crippen LogP contribution in [0.2, 0.25) is 0 Å². The summed E-state index contributed by atoms with van der Waals surface area (Å²) in [7, 11) is 0. The average Bonchev–Trinajstić information content (AvgIpc) is 3.08. The van der Waals surface area contributed by atoms with Crippen LogP contribution in [0, 0.1) is 5.82 Å². The molecule has 0 saturated carbocycles. The largest absolute Gasteiger partial charge is 0.504 e. The van der Waals surface area contributed by atoms with Crippen LogP contribution in [0.1, 0.15) is 5.56 Å². The van der Waals surface area contributed by atoms with E-state index in [4.69, 9.17) is 4.42 Å². The van der Waals surface area contributed by atoms with Gasteiger partial charge in [-0.05, 0) is 18.2 Å². The van der Waals surface area contributed by atoms with Crippen LogP contribution >= 0.6 is 0 Å². The molecule has 3 aromatic rings. The first-order valence-corrected chi connectivity index (χ1v) is 8.12. The lowest BCUT2D eigenvalue weighted by Crippen LogP contribution is -2.46. The van der Waals surface area contributed by atoms with E-state index in [-0.39, 0.29) is 11.6 Å². The summed E-state index contributed by atoms with van der Waals surface area (Å²) in [6, 6.07) is 12.6. The standard InChI is InChI=1S/C19H19FN2O2/c20-16-3-1-2-4-17(16)22-10-8-21(9-11-22)13-15-6-5-14-7-12-24-19(14)18(15)23/h1-7,12,23H,8-11,13H2. The SMILES string of the molecule is Oc1c(CN2CCN(c3ccccc3F)CC2)ccc2ccoc12. The van der Waals surface area contributed by atoms with Crippen LogP contribution in [0.4, 0.5) is 10.1 Å². The van der Waals surface area contributed by atoms with Crippen molar-refractivity contribution in [3.8, 4) is 5.75 Å². The summed E-state index contributed by atoms with van der Waals surface area (Å²) in [5.41, 5.74) is 2.06. The molecule has 1 fully saturated rings. The molecule has 0 bridgehead atoms. The highest BCUT2D eigenvalue weighted by molar-refractivity contribution is 5.84. The minimum absolute atomic E-state index is 0.174. The van der Waals surface area contributed by atoms with Crippen molar-refractivity contribution in [1.29, 1.82) is 0 Å². The predicted molar refractivity (Wildman–Crippen MR) is 91.8 cm³/mol. The number of piperazine rings is 1. The number of phenols is 1. The number of anilines is 1. The second kappa shape index (κ2) is 6.17. The third-order valence-corrected chi connectivity index (χ3v) is 4.64. The van der Waals surface area contributed by atoms with Crippen molar-refractivity contribution in [3.05, 3.63) is 60.1 Å². The Morgan fingerprint density at radius 2 is 1.79 bits per heavy atom. The van der Waals surface area contributed by atoms with Crippen molar-refractivity contribution >= 4 is 16.7 Å².